The fourth-order valence-electron chi connectivity index (χ4n) is 3.70. The van der Waals surface area contributed by atoms with Crippen molar-refractivity contribution >= 4 is 33.4 Å². The molecule has 1 heterocycles. The second kappa shape index (κ2) is 11.8. The molecule has 1 saturated heterocycles. The van der Waals surface area contributed by atoms with E-state index in [0.717, 1.165) is 25.9 Å². The number of halogens is 1. The molecule has 0 spiro atoms. The van der Waals surface area contributed by atoms with Crippen LogP contribution in [0.4, 0.5) is 5.69 Å². The molecule has 7 heteroatoms. The minimum Gasteiger partial charge on any atom is -0.492 e. The predicted octanol–water partition coefficient (Wildman–Crippen LogP) is 5.23. The maximum Gasteiger partial charge on any atom is 0.255 e. The van der Waals surface area contributed by atoms with Crippen molar-refractivity contribution in [3.63, 3.8) is 0 Å². The number of carbonyl (C=O) groups excluding carboxylic acids is 2. The first-order chi connectivity index (χ1) is 16.6. The second-order valence-electron chi connectivity index (χ2n) is 8.11. The number of benzene rings is 3. The van der Waals surface area contributed by atoms with E-state index >= 15 is 0 Å². The molecule has 1 unspecified atom stereocenters. The van der Waals surface area contributed by atoms with Crippen LogP contribution in [0.3, 0.4) is 0 Å². The highest BCUT2D eigenvalue weighted by molar-refractivity contribution is 9.10. The van der Waals surface area contributed by atoms with Gasteiger partial charge in [-0.1, -0.05) is 30.3 Å². The van der Waals surface area contributed by atoms with Crippen LogP contribution in [0.25, 0.3) is 0 Å². The highest BCUT2D eigenvalue weighted by Crippen LogP contribution is 2.27. The number of rotatable bonds is 9. The molecule has 1 atom stereocenters. The summed E-state index contributed by atoms with van der Waals surface area (Å²) in [5.41, 5.74) is 2.86. The molecule has 1 aliphatic rings. The molecule has 0 aromatic heterocycles. The van der Waals surface area contributed by atoms with Crippen LogP contribution in [0.1, 0.15) is 39.1 Å². The van der Waals surface area contributed by atoms with Gasteiger partial charge in [0.2, 0.25) is 0 Å². The third kappa shape index (κ3) is 6.68. The average molecular weight is 523 g/mol. The molecule has 176 valence electrons. The minimum absolute atomic E-state index is 0.0995. The summed E-state index contributed by atoms with van der Waals surface area (Å²) >= 11 is 3.49. The summed E-state index contributed by atoms with van der Waals surface area (Å²) < 4.78 is 12.1. The first kappa shape index (κ1) is 24.0. The maximum absolute atomic E-state index is 12.7. The minimum atomic E-state index is -0.243. The number of hydrogen-bond donors (Lipinski definition) is 2. The maximum atomic E-state index is 12.7. The van der Waals surface area contributed by atoms with Gasteiger partial charge in [-0.3, -0.25) is 9.59 Å². The Labute approximate surface area is 207 Å². The van der Waals surface area contributed by atoms with Gasteiger partial charge in [-0.05, 0) is 76.8 Å². The van der Waals surface area contributed by atoms with Gasteiger partial charge in [0.25, 0.3) is 11.8 Å². The van der Waals surface area contributed by atoms with Crippen LogP contribution >= 0.6 is 15.9 Å². The molecule has 3 aromatic carbocycles. The van der Waals surface area contributed by atoms with Gasteiger partial charge in [0, 0.05) is 36.4 Å². The lowest BCUT2D eigenvalue weighted by Gasteiger charge is -2.12. The molecule has 0 radical (unpaired) electrons. The molecule has 6 nitrogen and oxygen atoms in total. The molecule has 1 aliphatic heterocycles. The summed E-state index contributed by atoms with van der Waals surface area (Å²) in [6.07, 6.45) is 2.91. The number of amides is 2. The molecule has 2 N–H and O–H groups in total. The molecule has 1 fully saturated rings. The van der Waals surface area contributed by atoms with Crippen molar-refractivity contribution in [2.75, 3.05) is 25.1 Å². The quantitative estimate of drug-likeness (QED) is 0.403. The Morgan fingerprint density at radius 1 is 0.971 bits per heavy atom. The number of ether oxygens (including phenoxy) is 2. The molecule has 0 aliphatic carbocycles. The normalized spacial score (nSPS) is 15.0. The van der Waals surface area contributed by atoms with Gasteiger partial charge in [0.1, 0.15) is 5.75 Å². The van der Waals surface area contributed by atoms with Crippen molar-refractivity contribution in [1.82, 2.24) is 5.32 Å². The van der Waals surface area contributed by atoms with Crippen molar-refractivity contribution < 1.29 is 19.1 Å². The van der Waals surface area contributed by atoms with Crippen molar-refractivity contribution in [3.05, 3.63) is 94.0 Å². The van der Waals surface area contributed by atoms with E-state index in [1.165, 1.54) is 5.56 Å². The zero-order valence-corrected chi connectivity index (χ0v) is 20.3. The van der Waals surface area contributed by atoms with Crippen LogP contribution in [-0.2, 0) is 11.2 Å². The molecule has 2 amide bonds. The number of nitrogens with one attached hydrogen (secondary N) is 2. The summed E-state index contributed by atoms with van der Waals surface area (Å²) in [5.74, 6) is 0.290. The summed E-state index contributed by atoms with van der Waals surface area (Å²) in [6.45, 7) is 1.81. The highest BCUT2D eigenvalue weighted by atomic mass is 79.9. The first-order valence-electron chi connectivity index (χ1n) is 11.4. The van der Waals surface area contributed by atoms with Crippen LogP contribution in [0.5, 0.6) is 5.75 Å². The third-order valence-corrected chi connectivity index (χ3v) is 6.22. The van der Waals surface area contributed by atoms with Gasteiger partial charge in [0.15, 0.2) is 0 Å². The van der Waals surface area contributed by atoms with E-state index in [-0.39, 0.29) is 17.9 Å². The van der Waals surface area contributed by atoms with Gasteiger partial charge in [-0.25, -0.2) is 0 Å². The van der Waals surface area contributed by atoms with Crippen molar-refractivity contribution in [2.45, 2.75) is 25.4 Å². The van der Waals surface area contributed by atoms with Crippen LogP contribution in [0.15, 0.2) is 77.3 Å². The smallest absolute Gasteiger partial charge is 0.255 e. The molecule has 4 rings (SSSR count). The number of hydrogen-bond acceptors (Lipinski definition) is 4. The lowest BCUT2D eigenvalue weighted by Crippen LogP contribution is -2.31. The standard InChI is InChI=1S/C27H27BrN2O4/c28-24-17-21(10-13-25(24)34-16-14-19-5-2-1-3-6-19)27(32)30-22-11-8-20(9-12-22)26(31)29-18-23-7-4-15-33-23/h1-3,5-6,8-13,17,23H,4,7,14-16,18H2,(H,29,31)(H,30,32). The van der Waals surface area contributed by atoms with Crippen LogP contribution in [0, 0.1) is 0 Å². The molecular formula is C27H27BrN2O4. The SMILES string of the molecule is O=C(NCC1CCCO1)c1ccc(NC(=O)c2ccc(OCCc3ccccc3)c(Br)c2)cc1. The van der Waals surface area contributed by atoms with Gasteiger partial charge in [0.05, 0.1) is 17.2 Å². The monoisotopic (exact) mass is 522 g/mol. The Kier molecular flexibility index (Phi) is 8.33. The van der Waals surface area contributed by atoms with E-state index in [1.807, 2.05) is 18.2 Å². The van der Waals surface area contributed by atoms with E-state index in [0.29, 0.717) is 40.2 Å². The Morgan fingerprint density at radius 2 is 1.74 bits per heavy atom. The van der Waals surface area contributed by atoms with E-state index in [4.69, 9.17) is 9.47 Å². The van der Waals surface area contributed by atoms with Gasteiger partial charge < -0.3 is 20.1 Å². The molecule has 0 saturated carbocycles. The fraction of sp³-hybridized carbons (Fsp3) is 0.259. The zero-order valence-electron chi connectivity index (χ0n) is 18.8. The average Bonchev–Trinajstić information content (AvgIpc) is 3.38. The Bertz CT molecular complexity index is 1110. The van der Waals surface area contributed by atoms with E-state index < -0.39 is 0 Å². The summed E-state index contributed by atoms with van der Waals surface area (Å²) in [5, 5.41) is 5.75. The molecule has 34 heavy (non-hydrogen) atoms. The van der Waals surface area contributed by atoms with Gasteiger partial charge in [-0.15, -0.1) is 0 Å². The highest BCUT2D eigenvalue weighted by Gasteiger charge is 2.17. The molecule has 3 aromatic rings. The molecular weight excluding hydrogens is 496 g/mol. The van der Waals surface area contributed by atoms with E-state index in [9.17, 15) is 9.59 Å². The van der Waals surface area contributed by atoms with Gasteiger partial charge >= 0.3 is 0 Å². The van der Waals surface area contributed by atoms with Crippen LogP contribution in [-0.4, -0.2) is 37.7 Å². The Hall–Kier alpha value is -3.16. The predicted molar refractivity (Wildman–Crippen MR) is 135 cm³/mol. The second-order valence-corrected chi connectivity index (χ2v) is 8.96. The van der Waals surface area contributed by atoms with Gasteiger partial charge in [-0.2, -0.15) is 0 Å². The van der Waals surface area contributed by atoms with E-state index in [2.05, 4.69) is 38.7 Å². The third-order valence-electron chi connectivity index (χ3n) is 5.60. The van der Waals surface area contributed by atoms with Crippen LogP contribution < -0.4 is 15.4 Å². The lowest BCUT2D eigenvalue weighted by molar-refractivity contribution is 0.0857. The van der Waals surface area contributed by atoms with Crippen molar-refractivity contribution in [2.24, 2.45) is 0 Å². The summed E-state index contributed by atoms with van der Waals surface area (Å²) in [6, 6.07) is 22.2. The van der Waals surface area contributed by atoms with Crippen LogP contribution in [0.2, 0.25) is 0 Å². The Balaban J connectivity index is 1.27. The fourth-order valence-corrected chi connectivity index (χ4v) is 4.20. The largest absolute Gasteiger partial charge is 0.492 e. The van der Waals surface area contributed by atoms with E-state index in [1.54, 1.807) is 42.5 Å². The zero-order chi connectivity index (χ0) is 23.8. The Morgan fingerprint density at radius 3 is 2.44 bits per heavy atom. The summed E-state index contributed by atoms with van der Waals surface area (Å²) in [4.78, 5) is 25.0. The molecule has 0 bridgehead atoms. The lowest BCUT2D eigenvalue weighted by atomic mass is 10.1. The topological polar surface area (TPSA) is 76.7 Å². The number of carbonyl (C=O) groups is 2. The number of anilines is 1. The van der Waals surface area contributed by atoms with Crippen molar-refractivity contribution in [1.29, 1.82) is 0 Å². The first-order valence-corrected chi connectivity index (χ1v) is 12.2. The van der Waals surface area contributed by atoms with Crippen molar-refractivity contribution in [3.8, 4) is 5.75 Å². The summed E-state index contributed by atoms with van der Waals surface area (Å²) in [7, 11) is 0.